The predicted molar refractivity (Wildman–Crippen MR) is 61.6 cm³/mol. The van der Waals surface area contributed by atoms with Crippen molar-refractivity contribution in [2.24, 2.45) is 0 Å². The Balaban J connectivity index is 2.58. The summed E-state index contributed by atoms with van der Waals surface area (Å²) in [6, 6.07) is 9.79. The third kappa shape index (κ3) is 1.69. The number of halogens is 1. The maximum absolute atomic E-state index is 9.31. The van der Waals surface area contributed by atoms with E-state index in [1.165, 1.54) is 0 Å². The maximum Gasteiger partial charge on any atom is 0.120 e. The standard InChI is InChI=1S/C13H10ClN/c14-12-7-3-2-6-11(12)13(10-15)8-4-1-5-9-13/h2-9H,1H2. The molecule has 1 aromatic rings. The molecule has 0 N–H and O–H groups in total. The minimum atomic E-state index is -0.684. The molecule has 1 aliphatic rings. The molecule has 1 aliphatic carbocycles. The first-order valence-electron chi connectivity index (χ1n) is 4.80. The number of nitriles is 1. The highest BCUT2D eigenvalue weighted by Gasteiger charge is 2.29. The maximum atomic E-state index is 9.31. The van der Waals surface area contributed by atoms with Crippen LogP contribution < -0.4 is 0 Å². The van der Waals surface area contributed by atoms with Crippen molar-refractivity contribution in [1.29, 1.82) is 5.26 Å². The van der Waals surface area contributed by atoms with Crippen LogP contribution in [0.25, 0.3) is 0 Å². The first kappa shape index (κ1) is 10.0. The molecule has 0 spiro atoms. The van der Waals surface area contributed by atoms with Gasteiger partial charge in [0.2, 0.25) is 0 Å². The van der Waals surface area contributed by atoms with Crippen LogP contribution in [0.4, 0.5) is 0 Å². The molecule has 0 unspecified atom stereocenters. The predicted octanol–water partition coefficient (Wildman–Crippen LogP) is 3.62. The summed E-state index contributed by atoms with van der Waals surface area (Å²) < 4.78 is 0. The molecule has 0 heterocycles. The molecule has 0 fully saturated rings. The third-order valence-corrected chi connectivity index (χ3v) is 2.87. The molecule has 0 aromatic heterocycles. The lowest BCUT2D eigenvalue weighted by atomic mass is 9.79. The van der Waals surface area contributed by atoms with Crippen LogP contribution in [-0.2, 0) is 5.41 Å². The fourth-order valence-corrected chi connectivity index (χ4v) is 2.05. The van der Waals surface area contributed by atoms with Crippen LogP contribution in [0.1, 0.15) is 12.0 Å². The second-order valence-electron chi connectivity index (χ2n) is 3.50. The van der Waals surface area contributed by atoms with Gasteiger partial charge in [-0.3, -0.25) is 0 Å². The van der Waals surface area contributed by atoms with Gasteiger partial charge in [0, 0.05) is 5.02 Å². The molecule has 0 bridgehead atoms. The molecule has 1 nitrogen and oxygen atoms in total. The average Bonchev–Trinajstić information content (AvgIpc) is 2.30. The summed E-state index contributed by atoms with van der Waals surface area (Å²) in [7, 11) is 0. The molecule has 1 aromatic carbocycles. The van der Waals surface area contributed by atoms with Crippen molar-refractivity contribution in [3.8, 4) is 6.07 Å². The van der Waals surface area contributed by atoms with E-state index in [4.69, 9.17) is 11.6 Å². The van der Waals surface area contributed by atoms with E-state index in [-0.39, 0.29) is 0 Å². The lowest BCUT2D eigenvalue weighted by molar-refractivity contribution is 0.850. The SMILES string of the molecule is N#CC1(c2ccccc2Cl)C=CCC=C1. The molecular weight excluding hydrogens is 206 g/mol. The normalized spacial score (nSPS) is 17.3. The zero-order chi connectivity index (χ0) is 10.7. The molecule has 0 amide bonds. The van der Waals surface area contributed by atoms with E-state index >= 15 is 0 Å². The zero-order valence-corrected chi connectivity index (χ0v) is 8.91. The number of rotatable bonds is 1. The Morgan fingerprint density at radius 2 is 1.87 bits per heavy atom. The van der Waals surface area contributed by atoms with Gasteiger partial charge in [-0.25, -0.2) is 0 Å². The largest absolute Gasteiger partial charge is 0.197 e. The van der Waals surface area contributed by atoms with Crippen LogP contribution in [0.3, 0.4) is 0 Å². The quantitative estimate of drug-likeness (QED) is 0.657. The number of benzene rings is 1. The third-order valence-electron chi connectivity index (χ3n) is 2.54. The van der Waals surface area contributed by atoms with E-state index < -0.39 is 5.41 Å². The topological polar surface area (TPSA) is 23.8 Å². The van der Waals surface area contributed by atoms with E-state index in [0.29, 0.717) is 5.02 Å². The second-order valence-corrected chi connectivity index (χ2v) is 3.91. The monoisotopic (exact) mass is 215 g/mol. The van der Waals surface area contributed by atoms with Gasteiger partial charge in [0.05, 0.1) is 6.07 Å². The first-order valence-corrected chi connectivity index (χ1v) is 5.18. The lowest BCUT2D eigenvalue weighted by Crippen LogP contribution is -2.20. The summed E-state index contributed by atoms with van der Waals surface area (Å²) in [6.45, 7) is 0. The molecule has 2 rings (SSSR count). The Morgan fingerprint density at radius 3 is 2.47 bits per heavy atom. The average molecular weight is 216 g/mol. The van der Waals surface area contributed by atoms with Crippen LogP contribution in [-0.4, -0.2) is 0 Å². The minimum Gasteiger partial charge on any atom is -0.197 e. The van der Waals surface area contributed by atoms with Gasteiger partial charge in [-0.15, -0.1) is 0 Å². The lowest BCUT2D eigenvalue weighted by Gasteiger charge is -2.22. The van der Waals surface area contributed by atoms with E-state index in [1.807, 2.05) is 48.6 Å². The fraction of sp³-hybridized carbons (Fsp3) is 0.154. The van der Waals surface area contributed by atoms with Gasteiger partial charge in [0.15, 0.2) is 0 Å². The summed E-state index contributed by atoms with van der Waals surface area (Å²) in [5.41, 5.74) is 0.165. The number of allylic oxidation sites excluding steroid dienone is 4. The minimum absolute atomic E-state index is 0.634. The van der Waals surface area contributed by atoms with Gasteiger partial charge >= 0.3 is 0 Å². The highest BCUT2D eigenvalue weighted by Crippen LogP contribution is 2.34. The van der Waals surface area contributed by atoms with Gasteiger partial charge in [0.1, 0.15) is 5.41 Å². The van der Waals surface area contributed by atoms with Crippen molar-refractivity contribution in [3.05, 3.63) is 59.2 Å². The molecule has 0 radical (unpaired) electrons. The van der Waals surface area contributed by atoms with Gasteiger partial charge in [-0.1, -0.05) is 54.1 Å². The molecule has 15 heavy (non-hydrogen) atoms. The van der Waals surface area contributed by atoms with Crippen molar-refractivity contribution < 1.29 is 0 Å². The van der Waals surface area contributed by atoms with Crippen molar-refractivity contribution >= 4 is 11.6 Å². The summed E-state index contributed by atoms with van der Waals surface area (Å²) in [6.07, 6.45) is 8.69. The molecule has 0 aliphatic heterocycles. The van der Waals surface area contributed by atoms with Crippen LogP contribution >= 0.6 is 11.6 Å². The van der Waals surface area contributed by atoms with Crippen molar-refractivity contribution in [2.75, 3.05) is 0 Å². The number of hydrogen-bond donors (Lipinski definition) is 0. The van der Waals surface area contributed by atoms with Crippen molar-refractivity contribution in [1.82, 2.24) is 0 Å². The van der Waals surface area contributed by atoms with Gasteiger partial charge in [-0.2, -0.15) is 5.26 Å². The van der Waals surface area contributed by atoms with E-state index in [1.54, 1.807) is 0 Å². The zero-order valence-electron chi connectivity index (χ0n) is 8.15. The molecule has 2 heteroatoms. The molecule has 74 valence electrons. The van der Waals surface area contributed by atoms with Crippen LogP contribution in [0.5, 0.6) is 0 Å². The van der Waals surface area contributed by atoms with E-state index in [0.717, 1.165) is 12.0 Å². The Kier molecular flexibility index (Phi) is 2.62. The molecule has 0 atom stereocenters. The van der Waals surface area contributed by atoms with Gasteiger partial charge < -0.3 is 0 Å². The van der Waals surface area contributed by atoms with Crippen molar-refractivity contribution in [3.63, 3.8) is 0 Å². The Labute approximate surface area is 94.3 Å². The summed E-state index contributed by atoms with van der Waals surface area (Å²) >= 11 is 6.11. The van der Waals surface area contributed by atoms with Crippen LogP contribution in [0.2, 0.25) is 5.02 Å². The van der Waals surface area contributed by atoms with Crippen LogP contribution in [0.15, 0.2) is 48.6 Å². The smallest absolute Gasteiger partial charge is 0.120 e. The Hall–Kier alpha value is -1.52. The van der Waals surface area contributed by atoms with E-state index in [9.17, 15) is 5.26 Å². The highest BCUT2D eigenvalue weighted by molar-refractivity contribution is 6.31. The summed E-state index contributed by atoms with van der Waals surface area (Å²) in [5.74, 6) is 0. The summed E-state index contributed by atoms with van der Waals surface area (Å²) in [4.78, 5) is 0. The number of nitrogens with zero attached hydrogens (tertiary/aromatic N) is 1. The Bertz CT molecular complexity index is 454. The molecular formula is C13H10ClN. The second kappa shape index (κ2) is 3.92. The van der Waals surface area contributed by atoms with E-state index in [2.05, 4.69) is 6.07 Å². The highest BCUT2D eigenvalue weighted by atomic mass is 35.5. The Morgan fingerprint density at radius 1 is 1.20 bits per heavy atom. The summed E-state index contributed by atoms with van der Waals surface area (Å²) in [5, 5.41) is 9.94. The number of hydrogen-bond acceptors (Lipinski definition) is 1. The van der Waals surface area contributed by atoms with Crippen LogP contribution in [0, 0.1) is 11.3 Å². The van der Waals surface area contributed by atoms with Gasteiger partial charge in [-0.05, 0) is 18.1 Å². The molecule has 0 saturated carbocycles. The fourth-order valence-electron chi connectivity index (χ4n) is 1.75. The van der Waals surface area contributed by atoms with Crippen molar-refractivity contribution in [2.45, 2.75) is 11.8 Å². The molecule has 0 saturated heterocycles. The van der Waals surface area contributed by atoms with Gasteiger partial charge in [0.25, 0.3) is 0 Å². The first-order chi connectivity index (χ1) is 7.28.